The Balaban J connectivity index is 1.84. The van der Waals surface area contributed by atoms with Crippen LogP contribution in [0.15, 0.2) is 30.3 Å². The van der Waals surface area contributed by atoms with E-state index in [1.165, 1.54) is 13.8 Å². The predicted octanol–water partition coefficient (Wildman–Crippen LogP) is 5.10. The lowest BCUT2D eigenvalue weighted by atomic mass is 10.1. The number of carbonyl (C=O) groups excluding carboxylic acids is 4. The Hall–Kier alpha value is -2.12. The Morgan fingerprint density at radius 3 is 1.77 bits per heavy atom. The van der Waals surface area contributed by atoms with Crippen LogP contribution in [0.3, 0.4) is 0 Å². The smallest absolute Gasteiger partial charge is 0.329 e. The third-order valence-corrected chi connectivity index (χ3v) is 6.38. The Morgan fingerprint density at radius 2 is 1.30 bits per heavy atom. The van der Waals surface area contributed by atoms with Gasteiger partial charge < -0.3 is 4.74 Å². The number of ether oxygens (including phenoxy) is 1. The standard InChI is InChI=1S/C20H13Cl4NO5/c1-8(20(29)30-9(2)17(26)10-6-4-3-5-7-10)25-18(27)11-12(19(25)28)14(22)16(24)15(23)13(11)21/h3-9H,1-2H3. The lowest BCUT2D eigenvalue weighted by molar-refractivity contribution is -0.150. The maximum absolute atomic E-state index is 12.8. The van der Waals surface area contributed by atoms with Gasteiger partial charge in [0.1, 0.15) is 6.04 Å². The molecule has 30 heavy (non-hydrogen) atoms. The molecule has 0 saturated carbocycles. The Morgan fingerprint density at radius 1 is 0.833 bits per heavy atom. The molecule has 2 unspecified atom stereocenters. The molecule has 0 saturated heterocycles. The summed E-state index contributed by atoms with van der Waals surface area (Å²) in [7, 11) is 0. The summed E-state index contributed by atoms with van der Waals surface area (Å²) in [4.78, 5) is 51.3. The van der Waals surface area contributed by atoms with E-state index >= 15 is 0 Å². The van der Waals surface area contributed by atoms with Crippen LogP contribution in [-0.2, 0) is 9.53 Å². The highest BCUT2D eigenvalue weighted by atomic mass is 35.5. The first-order valence-corrected chi connectivity index (χ1v) is 10.1. The molecule has 2 amide bonds. The van der Waals surface area contributed by atoms with E-state index in [1.807, 2.05) is 0 Å². The van der Waals surface area contributed by atoms with Crippen molar-refractivity contribution in [2.75, 3.05) is 0 Å². The zero-order chi connectivity index (χ0) is 22.3. The van der Waals surface area contributed by atoms with Gasteiger partial charge in [-0.25, -0.2) is 4.79 Å². The second-order valence-electron chi connectivity index (χ2n) is 6.47. The van der Waals surface area contributed by atoms with Crippen LogP contribution < -0.4 is 0 Å². The topological polar surface area (TPSA) is 80.8 Å². The van der Waals surface area contributed by atoms with Gasteiger partial charge in [0.2, 0.25) is 5.78 Å². The van der Waals surface area contributed by atoms with Gasteiger partial charge in [-0.2, -0.15) is 0 Å². The minimum Gasteiger partial charge on any atom is -0.453 e. The molecule has 2 aromatic carbocycles. The van der Waals surface area contributed by atoms with Crippen molar-refractivity contribution in [2.45, 2.75) is 26.0 Å². The van der Waals surface area contributed by atoms with Gasteiger partial charge in [0.05, 0.1) is 31.2 Å². The third-order valence-electron chi connectivity index (χ3n) is 4.58. The van der Waals surface area contributed by atoms with Gasteiger partial charge in [-0.15, -0.1) is 0 Å². The summed E-state index contributed by atoms with van der Waals surface area (Å²) in [5, 5.41) is -0.838. The van der Waals surface area contributed by atoms with E-state index in [-0.39, 0.29) is 31.2 Å². The highest BCUT2D eigenvalue weighted by Crippen LogP contribution is 2.45. The van der Waals surface area contributed by atoms with Gasteiger partial charge in [0.15, 0.2) is 6.10 Å². The molecule has 0 aromatic heterocycles. The molecule has 6 nitrogen and oxygen atoms in total. The summed E-state index contributed by atoms with van der Waals surface area (Å²) in [6, 6.07) is 6.90. The molecule has 1 heterocycles. The molecule has 156 valence electrons. The maximum Gasteiger partial charge on any atom is 0.329 e. The molecule has 0 aliphatic carbocycles. The zero-order valence-electron chi connectivity index (χ0n) is 15.5. The van der Waals surface area contributed by atoms with Crippen LogP contribution in [0.5, 0.6) is 0 Å². The van der Waals surface area contributed by atoms with Crippen molar-refractivity contribution in [1.29, 1.82) is 0 Å². The second kappa shape index (κ2) is 8.55. The number of rotatable bonds is 5. The number of ketones is 1. The number of hydrogen-bond donors (Lipinski definition) is 0. The molecule has 2 aromatic rings. The molecule has 0 bridgehead atoms. The first-order chi connectivity index (χ1) is 14.1. The van der Waals surface area contributed by atoms with Gasteiger partial charge in [-0.1, -0.05) is 76.7 Å². The first-order valence-electron chi connectivity index (χ1n) is 8.61. The normalized spacial score (nSPS) is 15.1. The minimum atomic E-state index is -1.35. The molecule has 1 aliphatic heterocycles. The fraction of sp³-hybridized carbons (Fsp3) is 0.200. The summed E-state index contributed by atoms with van der Waals surface area (Å²) in [5.41, 5.74) is -0.128. The number of benzene rings is 2. The summed E-state index contributed by atoms with van der Waals surface area (Å²) in [5.74, 6) is -3.12. The number of Topliss-reactive ketones (excluding diaryl/α,β-unsaturated/α-hetero) is 1. The van der Waals surface area contributed by atoms with E-state index < -0.39 is 35.7 Å². The molecule has 0 fully saturated rings. The molecule has 3 rings (SSSR count). The SMILES string of the molecule is CC(OC(=O)C(C)N1C(=O)c2c(Cl)c(Cl)c(Cl)c(Cl)c2C1=O)C(=O)c1ccccc1. The summed E-state index contributed by atoms with van der Waals surface area (Å²) in [6.07, 6.45) is -1.13. The lowest BCUT2D eigenvalue weighted by Gasteiger charge is -2.22. The van der Waals surface area contributed by atoms with Gasteiger partial charge in [-0.3, -0.25) is 19.3 Å². The van der Waals surface area contributed by atoms with Gasteiger partial charge >= 0.3 is 5.97 Å². The van der Waals surface area contributed by atoms with Crippen LogP contribution in [-0.4, -0.2) is 40.6 Å². The van der Waals surface area contributed by atoms with Crippen molar-refractivity contribution < 1.29 is 23.9 Å². The van der Waals surface area contributed by atoms with Crippen LogP contribution in [0.1, 0.15) is 44.9 Å². The second-order valence-corrected chi connectivity index (χ2v) is 7.98. The van der Waals surface area contributed by atoms with Crippen molar-refractivity contribution in [3.63, 3.8) is 0 Å². The molecule has 2 atom stereocenters. The van der Waals surface area contributed by atoms with E-state index in [9.17, 15) is 19.2 Å². The van der Waals surface area contributed by atoms with Crippen molar-refractivity contribution >= 4 is 70.0 Å². The molecular weight excluding hydrogens is 476 g/mol. The first kappa shape index (κ1) is 22.6. The van der Waals surface area contributed by atoms with Crippen LogP contribution in [0.2, 0.25) is 20.1 Å². The largest absolute Gasteiger partial charge is 0.453 e. The number of carbonyl (C=O) groups is 4. The van der Waals surface area contributed by atoms with Crippen LogP contribution in [0.4, 0.5) is 0 Å². The highest BCUT2D eigenvalue weighted by Gasteiger charge is 2.46. The number of fused-ring (bicyclic) bond motifs is 1. The molecule has 0 spiro atoms. The molecule has 1 aliphatic rings. The summed E-state index contributed by atoms with van der Waals surface area (Å²) < 4.78 is 5.19. The Kier molecular flexibility index (Phi) is 6.43. The van der Waals surface area contributed by atoms with E-state index in [0.29, 0.717) is 10.5 Å². The number of halogens is 4. The Labute approximate surface area is 191 Å². The van der Waals surface area contributed by atoms with Crippen molar-refractivity contribution in [2.24, 2.45) is 0 Å². The van der Waals surface area contributed by atoms with Gasteiger partial charge in [0.25, 0.3) is 11.8 Å². The van der Waals surface area contributed by atoms with Crippen LogP contribution >= 0.6 is 46.4 Å². The predicted molar refractivity (Wildman–Crippen MR) is 113 cm³/mol. The minimum absolute atomic E-state index is 0.178. The molecule has 10 heteroatoms. The third kappa shape index (κ3) is 3.69. The number of amides is 2. The van der Waals surface area contributed by atoms with Crippen LogP contribution in [0, 0.1) is 0 Å². The zero-order valence-corrected chi connectivity index (χ0v) is 18.6. The van der Waals surface area contributed by atoms with Crippen molar-refractivity contribution in [3.05, 3.63) is 67.1 Å². The average Bonchev–Trinajstić information content (AvgIpc) is 3.00. The van der Waals surface area contributed by atoms with E-state index in [2.05, 4.69) is 0 Å². The quantitative estimate of drug-likeness (QED) is 0.192. The fourth-order valence-corrected chi connectivity index (χ4v) is 4.00. The van der Waals surface area contributed by atoms with Crippen LogP contribution in [0.25, 0.3) is 0 Å². The van der Waals surface area contributed by atoms with Gasteiger partial charge in [-0.05, 0) is 13.8 Å². The summed E-state index contributed by atoms with van der Waals surface area (Å²) in [6.45, 7) is 2.68. The average molecular weight is 489 g/mol. The van der Waals surface area contributed by atoms with Crippen molar-refractivity contribution in [3.8, 4) is 0 Å². The lowest BCUT2D eigenvalue weighted by Crippen LogP contribution is -2.45. The number of esters is 1. The number of nitrogens with zero attached hydrogens (tertiary/aromatic N) is 1. The fourth-order valence-electron chi connectivity index (χ4n) is 2.99. The molecule has 0 N–H and O–H groups in total. The van der Waals surface area contributed by atoms with E-state index in [1.54, 1.807) is 30.3 Å². The van der Waals surface area contributed by atoms with E-state index in [0.717, 1.165) is 0 Å². The van der Waals surface area contributed by atoms with Crippen molar-refractivity contribution in [1.82, 2.24) is 4.90 Å². The Bertz CT molecular complexity index is 1040. The highest BCUT2D eigenvalue weighted by molar-refractivity contribution is 6.55. The number of imide groups is 1. The van der Waals surface area contributed by atoms with Gasteiger partial charge in [0, 0.05) is 5.56 Å². The number of hydrogen-bond acceptors (Lipinski definition) is 5. The summed E-state index contributed by atoms with van der Waals surface area (Å²) >= 11 is 24.1. The maximum atomic E-state index is 12.8. The van der Waals surface area contributed by atoms with E-state index in [4.69, 9.17) is 51.1 Å². The molecular formula is C20H13Cl4NO5. The monoisotopic (exact) mass is 487 g/mol. The molecule has 0 radical (unpaired) electrons.